The summed E-state index contributed by atoms with van der Waals surface area (Å²) in [6.45, 7) is 0.412. The van der Waals surface area contributed by atoms with Crippen molar-refractivity contribution in [2.45, 2.75) is 13.0 Å². The number of hydrogen-bond donors (Lipinski definition) is 1. The van der Waals surface area contributed by atoms with Crippen LogP contribution in [-0.2, 0) is 17.8 Å². The van der Waals surface area contributed by atoms with Crippen LogP contribution in [0.1, 0.15) is 11.3 Å². The van der Waals surface area contributed by atoms with E-state index in [9.17, 15) is 4.79 Å². The second-order valence-corrected chi connectivity index (χ2v) is 6.17. The molecule has 0 aliphatic rings. The third-order valence-corrected chi connectivity index (χ3v) is 4.49. The molecule has 0 saturated carbocycles. The van der Waals surface area contributed by atoms with Crippen LogP contribution < -0.4 is 5.32 Å². The van der Waals surface area contributed by atoms with Crippen LogP contribution in [0.2, 0.25) is 5.02 Å². The van der Waals surface area contributed by atoms with Gasteiger partial charge in [-0.15, -0.1) is 11.3 Å². The number of pyridine rings is 1. The maximum atomic E-state index is 12.0. The number of nitrogens with one attached hydrogen (secondary N) is 1. The summed E-state index contributed by atoms with van der Waals surface area (Å²) in [4.78, 5) is 20.8. The second-order valence-electron chi connectivity index (χ2n) is 4.90. The van der Waals surface area contributed by atoms with Crippen LogP contribution in [0.4, 0.5) is 0 Å². The van der Waals surface area contributed by atoms with Crippen LogP contribution in [0.3, 0.4) is 0 Å². The SMILES string of the molecule is O=C(Cc1csc(-c2ccccn2)n1)NCc1ccccc1Cl. The zero-order chi connectivity index (χ0) is 16.1. The van der Waals surface area contributed by atoms with Crippen molar-refractivity contribution in [2.75, 3.05) is 0 Å². The summed E-state index contributed by atoms with van der Waals surface area (Å²) >= 11 is 7.56. The van der Waals surface area contributed by atoms with Gasteiger partial charge < -0.3 is 5.32 Å². The number of carbonyl (C=O) groups excluding carboxylic acids is 1. The molecule has 1 N–H and O–H groups in total. The van der Waals surface area contributed by atoms with Crippen molar-refractivity contribution >= 4 is 28.8 Å². The van der Waals surface area contributed by atoms with E-state index in [4.69, 9.17) is 11.6 Å². The van der Waals surface area contributed by atoms with E-state index in [1.807, 2.05) is 47.8 Å². The van der Waals surface area contributed by atoms with Gasteiger partial charge in [-0.3, -0.25) is 9.78 Å². The Kier molecular flexibility index (Phi) is 5.00. The molecular weight excluding hydrogens is 330 g/mol. The summed E-state index contributed by atoms with van der Waals surface area (Å²) in [5, 5.41) is 6.22. The van der Waals surface area contributed by atoms with Crippen molar-refractivity contribution in [3.8, 4) is 10.7 Å². The molecule has 3 aromatic rings. The average molecular weight is 344 g/mol. The summed E-state index contributed by atoms with van der Waals surface area (Å²) in [5.41, 5.74) is 2.46. The highest BCUT2D eigenvalue weighted by Gasteiger charge is 2.10. The predicted octanol–water partition coefficient (Wildman–Crippen LogP) is 3.72. The van der Waals surface area contributed by atoms with Crippen molar-refractivity contribution in [3.05, 3.63) is 70.3 Å². The number of carbonyl (C=O) groups is 1. The van der Waals surface area contributed by atoms with Crippen LogP contribution >= 0.6 is 22.9 Å². The Bertz CT molecular complexity index is 804. The molecule has 2 heterocycles. The fourth-order valence-corrected chi connectivity index (χ4v) is 3.06. The van der Waals surface area contributed by atoms with Gasteiger partial charge in [0.25, 0.3) is 0 Å². The first-order valence-corrected chi connectivity index (χ1v) is 8.34. The zero-order valence-electron chi connectivity index (χ0n) is 12.2. The molecule has 0 spiro atoms. The Hall–Kier alpha value is -2.24. The van der Waals surface area contributed by atoms with E-state index in [0.29, 0.717) is 11.6 Å². The molecule has 1 amide bonds. The topological polar surface area (TPSA) is 54.9 Å². The molecule has 0 aliphatic heterocycles. The smallest absolute Gasteiger partial charge is 0.226 e. The van der Waals surface area contributed by atoms with Crippen LogP contribution in [0.5, 0.6) is 0 Å². The molecule has 3 rings (SSSR count). The number of aromatic nitrogens is 2. The number of thiazole rings is 1. The Morgan fingerprint density at radius 1 is 1.17 bits per heavy atom. The van der Waals surface area contributed by atoms with E-state index in [1.54, 1.807) is 6.20 Å². The van der Waals surface area contributed by atoms with Crippen LogP contribution in [0.25, 0.3) is 10.7 Å². The van der Waals surface area contributed by atoms with Gasteiger partial charge in [-0.25, -0.2) is 4.98 Å². The van der Waals surface area contributed by atoms with Crippen LogP contribution in [0, 0.1) is 0 Å². The second kappa shape index (κ2) is 7.35. The molecule has 0 saturated heterocycles. The highest BCUT2D eigenvalue weighted by molar-refractivity contribution is 7.13. The van der Waals surface area contributed by atoms with E-state index in [-0.39, 0.29) is 12.3 Å². The molecule has 23 heavy (non-hydrogen) atoms. The maximum Gasteiger partial charge on any atom is 0.226 e. The summed E-state index contributed by atoms with van der Waals surface area (Å²) in [6, 6.07) is 13.1. The van der Waals surface area contributed by atoms with E-state index >= 15 is 0 Å². The lowest BCUT2D eigenvalue weighted by atomic mass is 10.2. The highest BCUT2D eigenvalue weighted by Crippen LogP contribution is 2.21. The van der Waals surface area contributed by atoms with Crippen molar-refractivity contribution in [3.63, 3.8) is 0 Å². The first-order chi connectivity index (χ1) is 11.2. The lowest BCUT2D eigenvalue weighted by Gasteiger charge is -2.05. The van der Waals surface area contributed by atoms with Gasteiger partial charge in [-0.1, -0.05) is 35.9 Å². The number of nitrogens with zero attached hydrogens (tertiary/aromatic N) is 2. The summed E-state index contributed by atoms with van der Waals surface area (Å²) in [7, 11) is 0. The molecule has 0 radical (unpaired) electrons. The Morgan fingerprint density at radius 3 is 2.78 bits per heavy atom. The number of amides is 1. The first kappa shape index (κ1) is 15.6. The predicted molar refractivity (Wildman–Crippen MR) is 92.3 cm³/mol. The minimum Gasteiger partial charge on any atom is -0.352 e. The summed E-state index contributed by atoms with van der Waals surface area (Å²) in [5.74, 6) is -0.0807. The van der Waals surface area contributed by atoms with Gasteiger partial charge in [0.15, 0.2) is 0 Å². The Balaban J connectivity index is 1.58. The van der Waals surface area contributed by atoms with Crippen molar-refractivity contribution in [1.29, 1.82) is 0 Å². The number of hydrogen-bond acceptors (Lipinski definition) is 4. The minimum absolute atomic E-state index is 0.0807. The monoisotopic (exact) mass is 343 g/mol. The molecule has 4 nitrogen and oxygen atoms in total. The van der Waals surface area contributed by atoms with Crippen molar-refractivity contribution in [2.24, 2.45) is 0 Å². The third-order valence-electron chi connectivity index (χ3n) is 3.21. The summed E-state index contributed by atoms with van der Waals surface area (Å²) in [6.07, 6.45) is 1.97. The first-order valence-electron chi connectivity index (χ1n) is 7.08. The molecule has 116 valence electrons. The lowest BCUT2D eigenvalue weighted by molar-refractivity contribution is -0.120. The third kappa shape index (κ3) is 4.15. The fourth-order valence-electron chi connectivity index (χ4n) is 2.06. The largest absolute Gasteiger partial charge is 0.352 e. The van der Waals surface area contributed by atoms with Gasteiger partial charge in [-0.2, -0.15) is 0 Å². The van der Waals surface area contributed by atoms with Crippen LogP contribution in [-0.4, -0.2) is 15.9 Å². The van der Waals surface area contributed by atoms with Gasteiger partial charge >= 0.3 is 0 Å². The molecule has 0 atom stereocenters. The number of rotatable bonds is 5. The van der Waals surface area contributed by atoms with Gasteiger partial charge in [0, 0.05) is 23.1 Å². The maximum absolute atomic E-state index is 12.0. The molecule has 0 fully saturated rings. The van der Waals surface area contributed by atoms with Gasteiger partial charge in [0.05, 0.1) is 17.8 Å². The molecule has 6 heteroatoms. The van der Waals surface area contributed by atoms with Crippen molar-refractivity contribution in [1.82, 2.24) is 15.3 Å². The molecule has 1 aromatic carbocycles. The van der Waals surface area contributed by atoms with E-state index in [0.717, 1.165) is 22.0 Å². The Morgan fingerprint density at radius 2 is 2.00 bits per heavy atom. The number of halogens is 1. The highest BCUT2D eigenvalue weighted by atomic mass is 35.5. The lowest BCUT2D eigenvalue weighted by Crippen LogP contribution is -2.24. The van der Waals surface area contributed by atoms with Gasteiger partial charge in [0.1, 0.15) is 5.01 Å². The standard InChI is InChI=1S/C17H14ClN3OS/c18-14-6-2-1-5-12(14)10-20-16(22)9-13-11-23-17(21-13)15-7-3-4-8-19-15/h1-8,11H,9-10H2,(H,20,22). The van der Waals surface area contributed by atoms with Crippen LogP contribution in [0.15, 0.2) is 54.0 Å². The average Bonchev–Trinajstić information content (AvgIpc) is 3.03. The normalized spacial score (nSPS) is 10.5. The van der Waals surface area contributed by atoms with Crippen molar-refractivity contribution < 1.29 is 4.79 Å². The zero-order valence-corrected chi connectivity index (χ0v) is 13.8. The quantitative estimate of drug-likeness (QED) is 0.768. The molecular formula is C17H14ClN3OS. The van der Waals surface area contributed by atoms with Gasteiger partial charge in [0.2, 0.25) is 5.91 Å². The van der Waals surface area contributed by atoms with E-state index < -0.39 is 0 Å². The fraction of sp³-hybridized carbons (Fsp3) is 0.118. The van der Waals surface area contributed by atoms with Gasteiger partial charge in [-0.05, 0) is 23.8 Å². The molecule has 0 unspecified atom stereocenters. The molecule has 0 aliphatic carbocycles. The van der Waals surface area contributed by atoms with E-state index in [1.165, 1.54) is 11.3 Å². The molecule has 0 bridgehead atoms. The number of benzene rings is 1. The molecule has 2 aromatic heterocycles. The summed E-state index contributed by atoms with van der Waals surface area (Å²) < 4.78 is 0. The van der Waals surface area contributed by atoms with E-state index in [2.05, 4.69) is 15.3 Å². The minimum atomic E-state index is -0.0807. The Labute approximate surface area is 143 Å².